The van der Waals surface area contributed by atoms with Crippen LogP contribution in [0.3, 0.4) is 0 Å². The van der Waals surface area contributed by atoms with Gasteiger partial charge in [-0.25, -0.2) is 13.6 Å². The number of hydrogen-bond donors (Lipinski definition) is 2. The van der Waals surface area contributed by atoms with E-state index in [1.807, 2.05) is 11.8 Å². The van der Waals surface area contributed by atoms with Crippen LogP contribution in [-0.4, -0.2) is 24.1 Å². The molecule has 2 bridgehead atoms. The van der Waals surface area contributed by atoms with Crippen LogP contribution in [0.2, 0.25) is 0 Å². The Balaban J connectivity index is 1.31. The second-order valence-corrected chi connectivity index (χ2v) is 15.8. The Kier molecular flexibility index (Phi) is 6.60. The van der Waals surface area contributed by atoms with Crippen molar-refractivity contribution in [2.45, 2.75) is 73.1 Å². The van der Waals surface area contributed by atoms with Crippen molar-refractivity contribution >= 4 is 44.7 Å². The Morgan fingerprint density at radius 3 is 2.36 bits per heavy atom. The number of nitrogens with one attached hydrogen (secondary N) is 1. The van der Waals surface area contributed by atoms with Crippen LogP contribution in [0.4, 0.5) is 5.69 Å². The predicted molar refractivity (Wildman–Crippen MR) is 156 cm³/mol. The number of rotatable bonds is 5. The average Bonchev–Trinajstić information content (AvgIpc) is 3.56. The van der Waals surface area contributed by atoms with Gasteiger partial charge in [0.15, 0.2) is 0 Å². The summed E-state index contributed by atoms with van der Waals surface area (Å²) < 4.78 is 24.7. The summed E-state index contributed by atoms with van der Waals surface area (Å²) in [5, 5.41) is 9.34. The van der Waals surface area contributed by atoms with Gasteiger partial charge in [0.1, 0.15) is 6.54 Å². The molecule has 0 saturated heterocycles. The molecule has 10 heteroatoms. The Morgan fingerprint density at radius 1 is 1.05 bits per heavy atom. The fourth-order valence-electron chi connectivity index (χ4n) is 6.72. The molecule has 1 amide bonds. The molecule has 39 heavy (non-hydrogen) atoms. The van der Waals surface area contributed by atoms with Gasteiger partial charge in [0.25, 0.3) is 0 Å². The van der Waals surface area contributed by atoms with Crippen molar-refractivity contribution in [3.63, 3.8) is 0 Å². The van der Waals surface area contributed by atoms with Gasteiger partial charge < -0.3 is 5.32 Å². The maximum Gasteiger partial charge on any atom is 0.308 e. The molecular weight excluding hydrogens is 551 g/mol. The standard InChI is InChI=1S/C29H33N3O4S3/c1-29(2,3)19-8-6-16(7-9-19)23-24-17-4-5-18(14-17)25(24)37-27-26(23)38-28(34)32(27)15-22(33)31-20-10-12-21(13-11-20)39(30,35)36/h6-13,17-18,23-25H,4-5,14-15H2,1-3H3,(H,31,33)(H2,30,35,36)/t17?,18?,23-,24?,25?/m0/s1. The van der Waals surface area contributed by atoms with Gasteiger partial charge in [0.2, 0.25) is 15.9 Å². The molecule has 0 radical (unpaired) electrons. The van der Waals surface area contributed by atoms with E-state index >= 15 is 0 Å². The maximum atomic E-state index is 13.3. The predicted octanol–water partition coefficient (Wildman–Crippen LogP) is 5.15. The third kappa shape index (κ3) is 4.90. The van der Waals surface area contributed by atoms with Crippen molar-refractivity contribution in [2.75, 3.05) is 5.32 Å². The van der Waals surface area contributed by atoms with Gasteiger partial charge in [-0.05, 0) is 77.8 Å². The quantitative estimate of drug-likeness (QED) is 0.432. The largest absolute Gasteiger partial charge is 0.325 e. The number of benzene rings is 2. The van der Waals surface area contributed by atoms with Crippen molar-refractivity contribution in [3.05, 3.63) is 74.2 Å². The highest BCUT2D eigenvalue weighted by molar-refractivity contribution is 8.00. The van der Waals surface area contributed by atoms with Gasteiger partial charge in [-0.1, -0.05) is 56.4 Å². The fourth-order valence-corrected chi connectivity index (χ4v) is 10.4. The first-order chi connectivity index (χ1) is 18.4. The monoisotopic (exact) mass is 583 g/mol. The zero-order chi connectivity index (χ0) is 27.7. The van der Waals surface area contributed by atoms with Crippen LogP contribution in [0.15, 0.2) is 63.2 Å². The Hall–Kier alpha value is -2.40. The third-order valence-electron chi connectivity index (χ3n) is 8.59. The molecule has 3 aliphatic rings. The normalized spacial score (nSPS) is 25.8. The SMILES string of the molecule is CC(C)(C)c1ccc([C@@H]2c3sc(=O)n(CC(=O)Nc4ccc(S(N)(=O)=O)cc4)c3SC3C4CCC(C4)C32)cc1. The lowest BCUT2D eigenvalue weighted by Gasteiger charge is -2.40. The van der Waals surface area contributed by atoms with Crippen molar-refractivity contribution in [1.29, 1.82) is 0 Å². The Bertz CT molecular complexity index is 1580. The molecule has 2 saturated carbocycles. The van der Waals surface area contributed by atoms with Gasteiger partial charge in [0, 0.05) is 21.7 Å². The molecule has 0 spiro atoms. The van der Waals surface area contributed by atoms with Gasteiger partial charge >= 0.3 is 4.87 Å². The fraction of sp³-hybridized carbons (Fsp3) is 0.448. The summed E-state index contributed by atoms with van der Waals surface area (Å²) in [4.78, 5) is 27.3. The molecule has 1 aliphatic heterocycles. The Labute approximate surface area is 237 Å². The molecule has 4 unspecified atom stereocenters. The highest BCUT2D eigenvalue weighted by Crippen LogP contribution is 2.64. The van der Waals surface area contributed by atoms with Crippen molar-refractivity contribution in [1.82, 2.24) is 4.57 Å². The van der Waals surface area contributed by atoms with E-state index in [0.717, 1.165) is 9.90 Å². The highest BCUT2D eigenvalue weighted by atomic mass is 32.2. The van der Waals surface area contributed by atoms with Crippen LogP contribution in [-0.2, 0) is 26.8 Å². The first kappa shape index (κ1) is 26.8. The van der Waals surface area contributed by atoms with Crippen LogP contribution in [0, 0.1) is 17.8 Å². The number of amides is 1. The molecule has 6 rings (SSSR count). The molecule has 2 heterocycles. The smallest absolute Gasteiger partial charge is 0.308 e. The number of aromatic nitrogens is 1. The lowest BCUT2D eigenvalue weighted by molar-refractivity contribution is -0.116. The van der Waals surface area contributed by atoms with Crippen molar-refractivity contribution < 1.29 is 13.2 Å². The zero-order valence-corrected chi connectivity index (χ0v) is 24.7. The molecular formula is C29H33N3O4S3. The van der Waals surface area contributed by atoms with Crippen LogP contribution in [0.1, 0.15) is 62.0 Å². The van der Waals surface area contributed by atoms with E-state index in [1.54, 1.807) is 4.57 Å². The lowest BCUT2D eigenvalue weighted by atomic mass is 9.74. The first-order valence-electron chi connectivity index (χ1n) is 13.3. The van der Waals surface area contributed by atoms with Gasteiger partial charge in [-0.2, -0.15) is 0 Å². The molecule has 7 nitrogen and oxygen atoms in total. The van der Waals surface area contributed by atoms with Gasteiger partial charge in [-0.15, -0.1) is 11.8 Å². The second kappa shape index (κ2) is 9.61. The topological polar surface area (TPSA) is 111 Å². The van der Waals surface area contributed by atoms with Crippen molar-refractivity contribution in [3.8, 4) is 0 Å². The van der Waals surface area contributed by atoms with E-state index in [0.29, 0.717) is 28.7 Å². The third-order valence-corrected chi connectivity index (χ3v) is 12.4. The summed E-state index contributed by atoms with van der Waals surface area (Å²) >= 11 is 3.09. The minimum atomic E-state index is -3.81. The number of sulfonamides is 1. The number of nitrogens with zero attached hydrogens (tertiary/aromatic N) is 1. The van der Waals surface area contributed by atoms with Gasteiger partial charge in [-0.3, -0.25) is 14.2 Å². The number of primary sulfonamides is 1. The number of thiazole rings is 1. The molecule has 2 fully saturated rings. The molecule has 2 aliphatic carbocycles. The average molecular weight is 584 g/mol. The summed E-state index contributed by atoms with van der Waals surface area (Å²) in [5.74, 6) is 1.69. The summed E-state index contributed by atoms with van der Waals surface area (Å²) in [5.41, 5.74) is 3.07. The first-order valence-corrected chi connectivity index (χ1v) is 16.6. The number of fused-ring (bicyclic) bond motifs is 6. The molecule has 2 aromatic carbocycles. The number of hydrogen-bond acceptors (Lipinski definition) is 6. The zero-order valence-electron chi connectivity index (χ0n) is 22.2. The highest BCUT2D eigenvalue weighted by Gasteiger charge is 2.55. The van der Waals surface area contributed by atoms with Crippen LogP contribution in [0.25, 0.3) is 0 Å². The van der Waals surface area contributed by atoms with Crippen molar-refractivity contribution in [2.24, 2.45) is 22.9 Å². The van der Waals surface area contributed by atoms with E-state index in [1.165, 1.54) is 66.0 Å². The number of nitrogens with two attached hydrogens (primary N) is 1. The summed E-state index contributed by atoms with van der Waals surface area (Å²) in [6, 6.07) is 14.7. The molecule has 3 aromatic rings. The Morgan fingerprint density at radius 2 is 1.72 bits per heavy atom. The minimum Gasteiger partial charge on any atom is -0.325 e. The number of carbonyl (C=O) groups is 1. The molecule has 206 valence electrons. The number of carbonyl (C=O) groups excluding carboxylic acids is 1. The van der Waals surface area contributed by atoms with Gasteiger partial charge in [0.05, 0.1) is 9.92 Å². The lowest BCUT2D eigenvalue weighted by Crippen LogP contribution is -2.35. The van der Waals surface area contributed by atoms with E-state index in [-0.39, 0.29) is 33.6 Å². The number of thioether (sulfide) groups is 1. The summed E-state index contributed by atoms with van der Waals surface area (Å²) in [6.07, 6.45) is 3.76. The summed E-state index contributed by atoms with van der Waals surface area (Å²) in [7, 11) is -3.81. The van der Waals surface area contributed by atoms with E-state index in [9.17, 15) is 18.0 Å². The maximum absolute atomic E-state index is 13.3. The molecule has 1 aromatic heterocycles. The van der Waals surface area contributed by atoms with E-state index in [2.05, 4.69) is 50.4 Å². The van der Waals surface area contributed by atoms with E-state index < -0.39 is 10.0 Å². The minimum absolute atomic E-state index is 0.0259. The van der Waals surface area contributed by atoms with Crippen LogP contribution < -0.4 is 15.3 Å². The molecule has 3 N–H and O–H groups in total. The summed E-state index contributed by atoms with van der Waals surface area (Å²) in [6.45, 7) is 6.56. The van der Waals surface area contributed by atoms with Crippen LogP contribution >= 0.6 is 23.1 Å². The van der Waals surface area contributed by atoms with Crippen LogP contribution in [0.5, 0.6) is 0 Å². The molecule has 5 atom stereocenters. The number of anilines is 1. The second-order valence-electron chi connectivity index (χ2n) is 12.1. The van der Waals surface area contributed by atoms with E-state index in [4.69, 9.17) is 5.14 Å².